The maximum absolute atomic E-state index is 12.0. The molecule has 1 radical (unpaired) electrons. The maximum atomic E-state index is 12.0. The fraction of sp³-hybridized carbons (Fsp3) is 0.308. The number of morpholine rings is 1. The van der Waals surface area contributed by atoms with Crippen LogP contribution in [0.4, 0.5) is 11.4 Å². The second kappa shape index (κ2) is 4.34. The van der Waals surface area contributed by atoms with Gasteiger partial charge in [0, 0.05) is 18.5 Å². The number of nitrogens with one attached hydrogen (secondary N) is 2. The van der Waals surface area contributed by atoms with Gasteiger partial charge in [-0.2, -0.15) is 0 Å². The molecule has 3 rings (SSSR count). The Hall–Kier alpha value is -2.01. The summed E-state index contributed by atoms with van der Waals surface area (Å²) >= 11 is 0. The number of nitrogens with zero attached hydrogens (tertiary/aromatic N) is 1. The summed E-state index contributed by atoms with van der Waals surface area (Å²) in [6.07, 6.45) is 0. The van der Waals surface area contributed by atoms with Crippen molar-refractivity contribution in [2.75, 3.05) is 31.2 Å². The van der Waals surface area contributed by atoms with Gasteiger partial charge in [0.1, 0.15) is 5.69 Å². The third kappa shape index (κ3) is 1.82. The number of hydrogen-bond acceptors (Lipinski definition) is 3. The third-order valence-electron chi connectivity index (χ3n) is 3.22. The van der Waals surface area contributed by atoms with Crippen LogP contribution in [0.2, 0.25) is 0 Å². The SMILES string of the molecule is [NH]c1cccc2[nH]c(=O)c(N3CCOCC3)cc12. The summed E-state index contributed by atoms with van der Waals surface area (Å²) in [5.74, 6) is 0. The Kier molecular flexibility index (Phi) is 2.68. The fourth-order valence-electron chi connectivity index (χ4n) is 2.26. The first-order valence-electron chi connectivity index (χ1n) is 5.96. The fourth-order valence-corrected chi connectivity index (χ4v) is 2.26. The lowest BCUT2D eigenvalue weighted by atomic mass is 10.1. The van der Waals surface area contributed by atoms with Gasteiger partial charge in [-0.05, 0) is 18.2 Å². The van der Waals surface area contributed by atoms with Crippen LogP contribution in [0.25, 0.3) is 10.9 Å². The second-order valence-electron chi connectivity index (χ2n) is 4.35. The minimum Gasteiger partial charge on any atom is -0.378 e. The monoisotopic (exact) mass is 244 g/mol. The van der Waals surface area contributed by atoms with Gasteiger partial charge in [0.2, 0.25) is 0 Å². The number of benzene rings is 1. The van der Waals surface area contributed by atoms with Crippen LogP contribution in [0.3, 0.4) is 0 Å². The zero-order valence-electron chi connectivity index (χ0n) is 9.90. The number of aromatic nitrogens is 1. The van der Waals surface area contributed by atoms with Crippen LogP contribution in [0.5, 0.6) is 0 Å². The van der Waals surface area contributed by atoms with Crippen molar-refractivity contribution in [1.82, 2.24) is 10.7 Å². The molecule has 2 aromatic rings. The molecule has 0 bridgehead atoms. The van der Waals surface area contributed by atoms with E-state index in [9.17, 15) is 4.79 Å². The minimum absolute atomic E-state index is 0.102. The van der Waals surface area contributed by atoms with Crippen molar-refractivity contribution in [2.24, 2.45) is 0 Å². The van der Waals surface area contributed by atoms with E-state index in [0.29, 0.717) is 30.1 Å². The number of anilines is 1. The van der Waals surface area contributed by atoms with E-state index >= 15 is 0 Å². The summed E-state index contributed by atoms with van der Waals surface area (Å²) in [6.45, 7) is 2.71. The van der Waals surface area contributed by atoms with Gasteiger partial charge in [0.25, 0.3) is 5.56 Å². The molecule has 5 heteroatoms. The Balaban J connectivity index is 2.14. The molecule has 1 aliphatic rings. The summed E-state index contributed by atoms with van der Waals surface area (Å²) in [6, 6.07) is 7.12. The first-order valence-corrected chi connectivity index (χ1v) is 5.96. The smallest absolute Gasteiger partial charge is 0.271 e. The summed E-state index contributed by atoms with van der Waals surface area (Å²) in [5, 5.41) is 0.776. The molecule has 1 aliphatic heterocycles. The third-order valence-corrected chi connectivity index (χ3v) is 3.22. The van der Waals surface area contributed by atoms with E-state index in [1.165, 1.54) is 0 Å². The Morgan fingerprint density at radius 2 is 2.06 bits per heavy atom. The number of hydrogen-bond donors (Lipinski definition) is 1. The Bertz CT molecular complexity index is 630. The van der Waals surface area contributed by atoms with Gasteiger partial charge in [0.15, 0.2) is 0 Å². The summed E-state index contributed by atoms with van der Waals surface area (Å²) < 4.78 is 5.28. The molecule has 0 unspecified atom stereocenters. The largest absolute Gasteiger partial charge is 0.378 e. The maximum Gasteiger partial charge on any atom is 0.271 e. The molecule has 1 aromatic heterocycles. The van der Waals surface area contributed by atoms with Gasteiger partial charge < -0.3 is 20.4 Å². The van der Waals surface area contributed by atoms with Gasteiger partial charge in [-0.1, -0.05) is 6.07 Å². The molecular weight excluding hydrogens is 230 g/mol. The van der Waals surface area contributed by atoms with Gasteiger partial charge >= 0.3 is 0 Å². The topological polar surface area (TPSA) is 69.1 Å². The van der Waals surface area contributed by atoms with Crippen molar-refractivity contribution in [1.29, 1.82) is 0 Å². The molecule has 0 spiro atoms. The molecule has 5 nitrogen and oxygen atoms in total. The molecular formula is C13H14N3O2. The van der Waals surface area contributed by atoms with Crippen molar-refractivity contribution >= 4 is 22.3 Å². The summed E-state index contributed by atoms with van der Waals surface area (Å²) in [7, 11) is 0. The predicted molar refractivity (Wildman–Crippen MR) is 70.4 cm³/mol. The lowest BCUT2D eigenvalue weighted by Crippen LogP contribution is -2.39. The molecule has 1 fully saturated rings. The Morgan fingerprint density at radius 3 is 2.83 bits per heavy atom. The second-order valence-corrected chi connectivity index (χ2v) is 4.35. The molecule has 0 saturated carbocycles. The highest BCUT2D eigenvalue weighted by atomic mass is 16.5. The number of aromatic amines is 1. The highest BCUT2D eigenvalue weighted by Gasteiger charge is 2.15. The van der Waals surface area contributed by atoms with E-state index in [0.717, 1.165) is 18.5 Å². The van der Waals surface area contributed by atoms with E-state index in [-0.39, 0.29) is 5.56 Å². The zero-order chi connectivity index (χ0) is 12.5. The van der Waals surface area contributed by atoms with Crippen molar-refractivity contribution in [3.05, 3.63) is 34.6 Å². The number of fused-ring (bicyclic) bond motifs is 1. The van der Waals surface area contributed by atoms with Crippen molar-refractivity contribution in [3.63, 3.8) is 0 Å². The highest BCUT2D eigenvalue weighted by Crippen LogP contribution is 2.23. The first-order chi connectivity index (χ1) is 8.75. The van der Waals surface area contributed by atoms with Crippen LogP contribution in [-0.2, 0) is 4.74 Å². The Morgan fingerprint density at radius 1 is 1.28 bits per heavy atom. The molecule has 93 valence electrons. The van der Waals surface area contributed by atoms with Crippen LogP contribution in [0, 0.1) is 0 Å². The van der Waals surface area contributed by atoms with Gasteiger partial charge in [-0.15, -0.1) is 0 Å². The van der Waals surface area contributed by atoms with Gasteiger partial charge in [-0.3, -0.25) is 4.79 Å². The van der Waals surface area contributed by atoms with E-state index in [1.807, 2.05) is 17.0 Å². The molecule has 2 heterocycles. The van der Waals surface area contributed by atoms with Crippen LogP contribution in [0.1, 0.15) is 0 Å². The van der Waals surface area contributed by atoms with Crippen molar-refractivity contribution < 1.29 is 4.74 Å². The summed E-state index contributed by atoms with van der Waals surface area (Å²) in [4.78, 5) is 16.9. The molecule has 1 aromatic carbocycles. The first kappa shape index (κ1) is 11.1. The van der Waals surface area contributed by atoms with Crippen LogP contribution < -0.4 is 16.2 Å². The van der Waals surface area contributed by atoms with E-state index < -0.39 is 0 Å². The van der Waals surface area contributed by atoms with E-state index in [1.54, 1.807) is 12.1 Å². The number of pyridine rings is 1. The number of H-pyrrole nitrogens is 1. The molecule has 18 heavy (non-hydrogen) atoms. The van der Waals surface area contributed by atoms with Gasteiger partial charge in [0.05, 0.1) is 24.4 Å². The van der Waals surface area contributed by atoms with Gasteiger partial charge in [-0.25, -0.2) is 0 Å². The molecule has 0 aliphatic carbocycles. The van der Waals surface area contributed by atoms with E-state index in [2.05, 4.69) is 4.98 Å². The average molecular weight is 244 g/mol. The molecule has 0 atom stereocenters. The lowest BCUT2D eigenvalue weighted by Gasteiger charge is -2.28. The molecule has 1 saturated heterocycles. The number of ether oxygens (including phenoxy) is 1. The van der Waals surface area contributed by atoms with Crippen LogP contribution >= 0.6 is 0 Å². The van der Waals surface area contributed by atoms with Crippen LogP contribution in [-0.4, -0.2) is 31.3 Å². The Labute approximate surface area is 104 Å². The predicted octanol–water partition coefficient (Wildman–Crippen LogP) is 1.28. The zero-order valence-corrected chi connectivity index (χ0v) is 9.90. The summed E-state index contributed by atoms with van der Waals surface area (Å²) in [5.41, 5.74) is 9.55. The number of rotatable bonds is 1. The molecule has 0 amide bonds. The quantitative estimate of drug-likeness (QED) is 0.821. The highest BCUT2D eigenvalue weighted by molar-refractivity contribution is 5.91. The normalized spacial score (nSPS) is 16.1. The lowest BCUT2D eigenvalue weighted by molar-refractivity contribution is 0.122. The van der Waals surface area contributed by atoms with Crippen molar-refractivity contribution in [3.8, 4) is 0 Å². The molecule has 2 N–H and O–H groups in total. The minimum atomic E-state index is -0.102. The average Bonchev–Trinajstić information content (AvgIpc) is 2.39. The van der Waals surface area contributed by atoms with Crippen LogP contribution in [0.15, 0.2) is 29.1 Å². The van der Waals surface area contributed by atoms with E-state index in [4.69, 9.17) is 10.5 Å². The van der Waals surface area contributed by atoms with Crippen molar-refractivity contribution in [2.45, 2.75) is 0 Å². The standard InChI is InChI=1S/C13H14N3O2/c14-10-2-1-3-11-9(10)8-12(13(17)15-11)16-4-6-18-7-5-16/h1-3,8,14H,4-7H2,(H,15,17).